The van der Waals surface area contributed by atoms with Gasteiger partial charge in [-0.25, -0.2) is 4.68 Å². The van der Waals surface area contributed by atoms with Crippen molar-refractivity contribution in [3.63, 3.8) is 0 Å². The average Bonchev–Trinajstić information content (AvgIpc) is 3.40. The highest BCUT2D eigenvalue weighted by Gasteiger charge is 2.18. The summed E-state index contributed by atoms with van der Waals surface area (Å²) >= 11 is 13.9. The lowest BCUT2D eigenvalue weighted by Gasteiger charge is -2.11. The van der Waals surface area contributed by atoms with E-state index in [-0.39, 0.29) is 0 Å². The number of aryl methyl sites for hydroxylation is 1. The second-order valence-corrected chi connectivity index (χ2v) is 8.20. The van der Waals surface area contributed by atoms with Gasteiger partial charge in [0.05, 0.1) is 21.5 Å². The van der Waals surface area contributed by atoms with Crippen LogP contribution in [0.15, 0.2) is 47.9 Å². The highest BCUT2D eigenvalue weighted by atomic mass is 35.5. The monoisotopic (exact) mass is 460 g/mol. The standard InChI is InChI=1S/C19H18Cl2N8S/c1-2-3-9-28-17(23-26-27-28)12-30-19-25-24-18(13-5-4-8-22-11-13)29(19)14-6-7-15(20)16(21)10-14/h4-8,10-11H,2-3,9,12H2,1H3. The Balaban J connectivity index is 1.69. The first kappa shape index (κ1) is 20.8. The quantitative estimate of drug-likeness (QED) is 0.351. The van der Waals surface area contributed by atoms with Crippen LogP contribution < -0.4 is 0 Å². The highest BCUT2D eigenvalue weighted by molar-refractivity contribution is 7.98. The molecule has 8 nitrogen and oxygen atoms in total. The predicted octanol–water partition coefficient (Wildman–Crippen LogP) is 4.72. The fraction of sp³-hybridized carbons (Fsp3) is 0.263. The lowest BCUT2D eigenvalue weighted by molar-refractivity contribution is 0.540. The van der Waals surface area contributed by atoms with Crippen molar-refractivity contribution >= 4 is 35.0 Å². The van der Waals surface area contributed by atoms with Crippen molar-refractivity contribution in [2.45, 2.75) is 37.2 Å². The Hall–Kier alpha value is -2.49. The summed E-state index contributed by atoms with van der Waals surface area (Å²) in [5.74, 6) is 2.01. The summed E-state index contributed by atoms with van der Waals surface area (Å²) < 4.78 is 3.77. The molecule has 154 valence electrons. The minimum atomic E-state index is 0.458. The van der Waals surface area contributed by atoms with Gasteiger partial charge in [-0.05, 0) is 47.2 Å². The maximum Gasteiger partial charge on any atom is 0.196 e. The fourth-order valence-electron chi connectivity index (χ4n) is 2.84. The SMILES string of the molecule is CCCCn1nnnc1CSc1nnc(-c2cccnc2)n1-c1ccc(Cl)c(Cl)c1. The van der Waals surface area contributed by atoms with Crippen molar-refractivity contribution in [1.82, 2.24) is 40.0 Å². The highest BCUT2D eigenvalue weighted by Crippen LogP contribution is 2.32. The zero-order chi connectivity index (χ0) is 20.9. The molecule has 0 aliphatic carbocycles. The van der Waals surface area contributed by atoms with Crippen LogP contribution in [0.3, 0.4) is 0 Å². The minimum Gasteiger partial charge on any atom is -0.270 e. The van der Waals surface area contributed by atoms with Gasteiger partial charge in [0, 0.05) is 24.5 Å². The second-order valence-electron chi connectivity index (χ2n) is 6.44. The van der Waals surface area contributed by atoms with E-state index in [2.05, 4.69) is 37.6 Å². The molecule has 30 heavy (non-hydrogen) atoms. The molecule has 0 aliphatic heterocycles. The van der Waals surface area contributed by atoms with E-state index in [0.29, 0.717) is 26.8 Å². The minimum absolute atomic E-state index is 0.458. The lowest BCUT2D eigenvalue weighted by atomic mass is 10.2. The van der Waals surface area contributed by atoms with Crippen LogP contribution in [0.5, 0.6) is 0 Å². The molecule has 0 saturated carbocycles. The van der Waals surface area contributed by atoms with Gasteiger partial charge in [0.15, 0.2) is 16.8 Å². The van der Waals surface area contributed by atoms with E-state index in [1.807, 2.05) is 27.4 Å². The van der Waals surface area contributed by atoms with Gasteiger partial charge in [-0.2, -0.15) is 0 Å². The molecule has 0 N–H and O–H groups in total. The summed E-state index contributed by atoms with van der Waals surface area (Å²) in [5.41, 5.74) is 1.65. The molecular weight excluding hydrogens is 443 g/mol. The molecule has 0 spiro atoms. The molecule has 4 aromatic rings. The van der Waals surface area contributed by atoms with Crippen LogP contribution in [0, 0.1) is 0 Å². The molecule has 11 heteroatoms. The largest absolute Gasteiger partial charge is 0.270 e. The van der Waals surface area contributed by atoms with Gasteiger partial charge < -0.3 is 0 Å². The van der Waals surface area contributed by atoms with Crippen molar-refractivity contribution in [3.05, 3.63) is 58.6 Å². The van der Waals surface area contributed by atoms with Crippen molar-refractivity contribution < 1.29 is 0 Å². The molecule has 4 rings (SSSR count). The second kappa shape index (κ2) is 9.55. The number of unbranched alkanes of at least 4 members (excludes halogenated alkanes) is 1. The molecule has 0 atom stereocenters. The first-order chi connectivity index (χ1) is 14.7. The number of halogens is 2. The number of benzene rings is 1. The Morgan fingerprint density at radius 1 is 1.07 bits per heavy atom. The number of pyridine rings is 1. The summed E-state index contributed by atoms with van der Waals surface area (Å²) in [7, 11) is 0. The predicted molar refractivity (Wildman–Crippen MR) is 117 cm³/mol. The van der Waals surface area contributed by atoms with Crippen LogP contribution in [0.4, 0.5) is 0 Å². The summed E-state index contributed by atoms with van der Waals surface area (Å²) in [6.07, 6.45) is 5.56. The fourth-order valence-corrected chi connectivity index (χ4v) is 4.02. The molecule has 0 bridgehead atoms. The van der Waals surface area contributed by atoms with Crippen LogP contribution >= 0.6 is 35.0 Å². The number of thioether (sulfide) groups is 1. The Kier molecular flexibility index (Phi) is 6.61. The molecule has 3 aromatic heterocycles. The lowest BCUT2D eigenvalue weighted by Crippen LogP contribution is -2.06. The van der Waals surface area contributed by atoms with E-state index in [1.165, 1.54) is 11.8 Å². The number of aromatic nitrogens is 8. The van der Waals surface area contributed by atoms with Gasteiger partial charge in [0.25, 0.3) is 0 Å². The zero-order valence-electron chi connectivity index (χ0n) is 16.1. The van der Waals surface area contributed by atoms with E-state index in [1.54, 1.807) is 24.5 Å². The first-order valence-corrected chi connectivity index (χ1v) is 11.1. The Labute approximate surface area is 187 Å². The molecule has 0 aliphatic rings. The maximum absolute atomic E-state index is 6.27. The zero-order valence-corrected chi connectivity index (χ0v) is 18.4. The molecule has 0 unspecified atom stereocenters. The van der Waals surface area contributed by atoms with Crippen molar-refractivity contribution in [2.24, 2.45) is 0 Å². The molecule has 1 aromatic carbocycles. The van der Waals surface area contributed by atoms with Crippen LogP contribution in [-0.4, -0.2) is 40.0 Å². The third-order valence-corrected chi connectivity index (χ3v) is 6.04. The molecule has 0 fully saturated rings. The molecule has 0 amide bonds. The first-order valence-electron chi connectivity index (χ1n) is 9.36. The van der Waals surface area contributed by atoms with Crippen molar-refractivity contribution in [1.29, 1.82) is 0 Å². The van der Waals surface area contributed by atoms with Gasteiger partial charge in [0.2, 0.25) is 0 Å². The number of hydrogen-bond acceptors (Lipinski definition) is 7. The molecule has 0 radical (unpaired) electrons. The van der Waals surface area contributed by atoms with Gasteiger partial charge in [-0.1, -0.05) is 48.3 Å². The Bertz CT molecular complexity index is 1130. The van der Waals surface area contributed by atoms with Crippen LogP contribution in [0.1, 0.15) is 25.6 Å². The van der Waals surface area contributed by atoms with Crippen LogP contribution in [-0.2, 0) is 12.3 Å². The summed E-state index contributed by atoms with van der Waals surface area (Å²) in [6, 6.07) is 9.23. The summed E-state index contributed by atoms with van der Waals surface area (Å²) in [6.45, 7) is 2.93. The third-order valence-electron chi connectivity index (χ3n) is 4.37. The molecule has 3 heterocycles. The van der Waals surface area contributed by atoms with E-state index in [9.17, 15) is 0 Å². The molecule has 0 saturated heterocycles. The van der Waals surface area contributed by atoms with Gasteiger partial charge in [-0.3, -0.25) is 9.55 Å². The van der Waals surface area contributed by atoms with E-state index >= 15 is 0 Å². The smallest absolute Gasteiger partial charge is 0.196 e. The summed E-state index contributed by atoms with van der Waals surface area (Å²) in [5, 5.41) is 22.5. The Morgan fingerprint density at radius 3 is 2.73 bits per heavy atom. The molecular formula is C19H18Cl2N8S. The topological polar surface area (TPSA) is 87.2 Å². The number of tetrazole rings is 1. The third kappa shape index (κ3) is 4.48. The number of nitrogens with zero attached hydrogens (tertiary/aromatic N) is 8. The maximum atomic E-state index is 6.27. The number of hydrogen-bond donors (Lipinski definition) is 0. The Morgan fingerprint density at radius 2 is 1.97 bits per heavy atom. The average molecular weight is 461 g/mol. The van der Waals surface area contributed by atoms with Crippen LogP contribution in [0.2, 0.25) is 10.0 Å². The van der Waals surface area contributed by atoms with Gasteiger partial charge >= 0.3 is 0 Å². The van der Waals surface area contributed by atoms with Crippen LogP contribution in [0.25, 0.3) is 17.1 Å². The van der Waals surface area contributed by atoms with Gasteiger partial charge in [-0.15, -0.1) is 15.3 Å². The van der Waals surface area contributed by atoms with Gasteiger partial charge in [0.1, 0.15) is 0 Å². The number of rotatable bonds is 8. The van der Waals surface area contributed by atoms with E-state index in [4.69, 9.17) is 23.2 Å². The van der Waals surface area contributed by atoms with E-state index < -0.39 is 0 Å². The van der Waals surface area contributed by atoms with Crippen molar-refractivity contribution in [2.75, 3.05) is 0 Å². The summed E-state index contributed by atoms with van der Waals surface area (Å²) in [4.78, 5) is 4.20. The van der Waals surface area contributed by atoms with E-state index in [0.717, 1.165) is 36.5 Å². The normalized spacial score (nSPS) is 11.2. The van der Waals surface area contributed by atoms with Crippen molar-refractivity contribution in [3.8, 4) is 17.1 Å².